The molecule has 2 aromatic heterocycles. The van der Waals surface area contributed by atoms with Crippen LogP contribution in [0.2, 0.25) is 0 Å². The largest absolute Gasteiger partial charge is 0.280 e. The Hall–Kier alpha value is -1.87. The quantitative estimate of drug-likeness (QED) is 0.654. The van der Waals surface area contributed by atoms with Gasteiger partial charge in [-0.2, -0.15) is 0 Å². The van der Waals surface area contributed by atoms with Gasteiger partial charge < -0.3 is 0 Å². The van der Waals surface area contributed by atoms with E-state index < -0.39 is 0 Å². The zero-order valence-corrected chi connectivity index (χ0v) is 13.2. The highest BCUT2D eigenvalue weighted by Gasteiger charge is 2.15. The normalized spacial score (nSPS) is 12.0. The summed E-state index contributed by atoms with van der Waals surface area (Å²) in [5.74, 6) is 1.17. The van der Waals surface area contributed by atoms with Gasteiger partial charge in [0, 0.05) is 11.9 Å². The Morgan fingerprint density at radius 1 is 1.10 bits per heavy atom. The van der Waals surface area contributed by atoms with Crippen molar-refractivity contribution in [3.8, 4) is 5.69 Å². The molecule has 0 aliphatic heterocycles. The molecule has 2 heterocycles. The minimum absolute atomic E-state index is 0.142. The fourth-order valence-corrected chi connectivity index (χ4v) is 2.61. The second kappa shape index (κ2) is 5.15. The van der Waals surface area contributed by atoms with E-state index in [1.54, 1.807) is 6.20 Å². The second-order valence-electron chi connectivity index (χ2n) is 6.14. The molecule has 0 fully saturated rings. The van der Waals surface area contributed by atoms with Gasteiger partial charge in [-0.15, -0.1) is 11.6 Å². The number of alkyl halides is 1. The summed E-state index contributed by atoms with van der Waals surface area (Å²) in [4.78, 5) is 8.99. The predicted molar refractivity (Wildman–Crippen MR) is 87.1 cm³/mol. The van der Waals surface area contributed by atoms with E-state index in [1.165, 1.54) is 5.56 Å². The number of fused-ring (bicyclic) bond motifs is 1. The molecule has 108 valence electrons. The Labute approximate surface area is 129 Å². The number of hydrogen-bond donors (Lipinski definition) is 0. The van der Waals surface area contributed by atoms with Crippen LogP contribution in [0.5, 0.6) is 0 Å². The van der Waals surface area contributed by atoms with E-state index in [0.29, 0.717) is 5.88 Å². The number of aromatic nitrogens is 3. The highest BCUT2D eigenvalue weighted by Crippen LogP contribution is 2.25. The minimum atomic E-state index is 0.142. The lowest BCUT2D eigenvalue weighted by Gasteiger charge is -2.19. The van der Waals surface area contributed by atoms with E-state index >= 15 is 0 Å². The molecule has 0 aliphatic carbocycles. The van der Waals surface area contributed by atoms with Crippen LogP contribution in [0.15, 0.2) is 42.6 Å². The summed E-state index contributed by atoms with van der Waals surface area (Å²) < 4.78 is 2.02. The summed E-state index contributed by atoms with van der Waals surface area (Å²) >= 11 is 6.05. The molecule has 0 amide bonds. The molecule has 0 saturated heterocycles. The van der Waals surface area contributed by atoms with Crippen LogP contribution in [0.3, 0.4) is 0 Å². The van der Waals surface area contributed by atoms with Crippen LogP contribution in [0.1, 0.15) is 32.2 Å². The molecule has 0 aliphatic rings. The summed E-state index contributed by atoms with van der Waals surface area (Å²) in [6.07, 6.45) is 1.78. The Morgan fingerprint density at radius 3 is 2.43 bits per heavy atom. The first-order valence-corrected chi connectivity index (χ1v) is 7.53. The van der Waals surface area contributed by atoms with Crippen molar-refractivity contribution < 1.29 is 0 Å². The average Bonchev–Trinajstić information content (AvgIpc) is 2.85. The van der Waals surface area contributed by atoms with Crippen LogP contribution in [0.4, 0.5) is 0 Å². The SMILES string of the molecule is CC(C)(C)c1ccc(-n2c(CCl)nc3cccnc32)cc1. The minimum Gasteiger partial charge on any atom is -0.280 e. The van der Waals surface area contributed by atoms with Crippen LogP contribution in [-0.2, 0) is 11.3 Å². The Kier molecular flexibility index (Phi) is 3.46. The summed E-state index contributed by atoms with van der Waals surface area (Å²) in [5.41, 5.74) is 4.20. The molecule has 1 aromatic carbocycles. The molecular weight excluding hydrogens is 282 g/mol. The van der Waals surface area contributed by atoms with E-state index in [9.17, 15) is 0 Å². The van der Waals surface area contributed by atoms with Crippen molar-refractivity contribution in [2.45, 2.75) is 32.1 Å². The molecule has 3 rings (SSSR count). The van der Waals surface area contributed by atoms with Gasteiger partial charge in [0.1, 0.15) is 11.3 Å². The van der Waals surface area contributed by atoms with Gasteiger partial charge >= 0.3 is 0 Å². The smallest absolute Gasteiger partial charge is 0.164 e. The fourth-order valence-electron chi connectivity index (χ4n) is 2.43. The molecule has 0 N–H and O–H groups in total. The summed E-state index contributed by atoms with van der Waals surface area (Å²) in [6.45, 7) is 6.63. The number of pyridine rings is 1. The highest BCUT2D eigenvalue weighted by atomic mass is 35.5. The standard InChI is InChI=1S/C17H18ClN3/c1-17(2,3)12-6-8-13(9-7-12)21-15(11-18)20-14-5-4-10-19-16(14)21/h4-10H,11H2,1-3H3. The van der Waals surface area contributed by atoms with Crippen LogP contribution in [0.25, 0.3) is 16.9 Å². The predicted octanol–water partition coefficient (Wildman–Crippen LogP) is 4.46. The highest BCUT2D eigenvalue weighted by molar-refractivity contribution is 6.16. The fraction of sp³-hybridized carbons (Fsp3) is 0.294. The molecule has 0 radical (unpaired) electrons. The summed E-state index contributed by atoms with van der Waals surface area (Å²) in [5, 5.41) is 0. The zero-order valence-electron chi connectivity index (χ0n) is 12.5. The number of rotatable bonds is 2. The first kappa shape index (κ1) is 14.1. The number of imidazole rings is 1. The Bertz CT molecular complexity index is 767. The van der Waals surface area contributed by atoms with Gasteiger partial charge in [-0.25, -0.2) is 9.97 Å². The third-order valence-corrected chi connectivity index (χ3v) is 3.84. The van der Waals surface area contributed by atoms with Crippen molar-refractivity contribution in [2.75, 3.05) is 0 Å². The maximum Gasteiger partial charge on any atom is 0.164 e. The average molecular weight is 300 g/mol. The van der Waals surface area contributed by atoms with E-state index in [2.05, 4.69) is 55.0 Å². The van der Waals surface area contributed by atoms with E-state index in [1.807, 2.05) is 16.7 Å². The maximum atomic E-state index is 6.05. The molecule has 0 saturated carbocycles. The van der Waals surface area contributed by atoms with Crippen LogP contribution < -0.4 is 0 Å². The summed E-state index contributed by atoms with van der Waals surface area (Å²) in [6, 6.07) is 12.4. The molecule has 4 heteroatoms. The van der Waals surface area contributed by atoms with Gasteiger partial charge in [0.15, 0.2) is 5.65 Å². The third-order valence-electron chi connectivity index (χ3n) is 3.60. The number of nitrogens with zero attached hydrogens (tertiary/aromatic N) is 3. The van der Waals surface area contributed by atoms with Crippen molar-refractivity contribution in [3.05, 3.63) is 54.0 Å². The summed E-state index contributed by atoms with van der Waals surface area (Å²) in [7, 11) is 0. The molecule has 0 spiro atoms. The number of benzene rings is 1. The molecule has 0 unspecified atom stereocenters. The van der Waals surface area contributed by atoms with Gasteiger partial charge in [0.25, 0.3) is 0 Å². The first-order chi connectivity index (χ1) is 10.0. The second-order valence-corrected chi connectivity index (χ2v) is 6.41. The van der Waals surface area contributed by atoms with Crippen molar-refractivity contribution in [1.29, 1.82) is 0 Å². The van der Waals surface area contributed by atoms with Crippen LogP contribution >= 0.6 is 11.6 Å². The van der Waals surface area contributed by atoms with Crippen LogP contribution in [0, 0.1) is 0 Å². The van der Waals surface area contributed by atoms with Gasteiger partial charge in [-0.1, -0.05) is 32.9 Å². The number of hydrogen-bond acceptors (Lipinski definition) is 2. The van der Waals surface area contributed by atoms with E-state index in [0.717, 1.165) is 22.7 Å². The van der Waals surface area contributed by atoms with Crippen molar-refractivity contribution >= 4 is 22.8 Å². The number of halogens is 1. The molecule has 0 atom stereocenters. The van der Waals surface area contributed by atoms with Gasteiger partial charge in [0.2, 0.25) is 0 Å². The van der Waals surface area contributed by atoms with Crippen molar-refractivity contribution in [1.82, 2.24) is 14.5 Å². The van der Waals surface area contributed by atoms with Gasteiger partial charge in [0.05, 0.1) is 5.88 Å². The Morgan fingerprint density at radius 2 is 1.81 bits per heavy atom. The van der Waals surface area contributed by atoms with Crippen molar-refractivity contribution in [2.24, 2.45) is 0 Å². The zero-order chi connectivity index (χ0) is 15.0. The molecular formula is C17H18ClN3. The lowest BCUT2D eigenvalue weighted by molar-refractivity contribution is 0.590. The van der Waals surface area contributed by atoms with Crippen molar-refractivity contribution in [3.63, 3.8) is 0 Å². The van der Waals surface area contributed by atoms with Gasteiger partial charge in [-0.05, 0) is 35.2 Å². The van der Waals surface area contributed by atoms with Crippen LogP contribution in [-0.4, -0.2) is 14.5 Å². The monoisotopic (exact) mass is 299 g/mol. The third kappa shape index (κ3) is 2.54. The van der Waals surface area contributed by atoms with E-state index in [-0.39, 0.29) is 5.41 Å². The molecule has 3 aromatic rings. The molecule has 3 nitrogen and oxygen atoms in total. The first-order valence-electron chi connectivity index (χ1n) is 7.00. The Balaban J connectivity index is 2.16. The topological polar surface area (TPSA) is 30.7 Å². The molecule has 21 heavy (non-hydrogen) atoms. The maximum absolute atomic E-state index is 6.05. The lowest BCUT2D eigenvalue weighted by Crippen LogP contribution is -2.11. The van der Waals surface area contributed by atoms with E-state index in [4.69, 9.17) is 11.6 Å². The lowest BCUT2D eigenvalue weighted by atomic mass is 9.87. The molecule has 0 bridgehead atoms. The van der Waals surface area contributed by atoms with Gasteiger partial charge in [-0.3, -0.25) is 4.57 Å².